The lowest BCUT2D eigenvalue weighted by atomic mass is 9.99. The van der Waals surface area contributed by atoms with Crippen molar-refractivity contribution in [3.8, 4) is 0 Å². The number of hydrogen-bond acceptors (Lipinski definition) is 5. The van der Waals surface area contributed by atoms with E-state index in [4.69, 9.17) is 14.6 Å². The van der Waals surface area contributed by atoms with Crippen molar-refractivity contribution in [1.82, 2.24) is 10.6 Å². The Morgan fingerprint density at radius 1 is 1.47 bits per heavy atom. The zero-order chi connectivity index (χ0) is 14.5. The summed E-state index contributed by atoms with van der Waals surface area (Å²) in [6.07, 6.45) is 0.184. The van der Waals surface area contributed by atoms with Crippen LogP contribution in [0.2, 0.25) is 0 Å². The highest BCUT2D eigenvalue weighted by Gasteiger charge is 2.44. The maximum absolute atomic E-state index is 11.7. The summed E-state index contributed by atoms with van der Waals surface area (Å²) in [7, 11) is 0. The van der Waals surface area contributed by atoms with E-state index in [1.807, 2.05) is 0 Å². The third-order valence-electron chi connectivity index (χ3n) is 2.77. The summed E-state index contributed by atoms with van der Waals surface area (Å²) in [5.74, 6) is -1.74. The Morgan fingerprint density at radius 2 is 2.16 bits per heavy atom. The van der Waals surface area contributed by atoms with E-state index in [9.17, 15) is 14.4 Å². The Bertz CT molecular complexity index is 364. The molecule has 3 N–H and O–H groups in total. The Balaban J connectivity index is 2.54. The number of carbonyl (C=O) groups is 3. The van der Waals surface area contributed by atoms with Gasteiger partial charge in [-0.1, -0.05) is 0 Å². The smallest absolute Gasteiger partial charge is 0.332 e. The molecule has 8 heteroatoms. The van der Waals surface area contributed by atoms with Crippen molar-refractivity contribution in [2.24, 2.45) is 0 Å². The largest absolute Gasteiger partial charge is 0.479 e. The lowest BCUT2D eigenvalue weighted by molar-refractivity contribution is -0.144. The molecule has 19 heavy (non-hydrogen) atoms. The minimum absolute atomic E-state index is 0.0937. The van der Waals surface area contributed by atoms with E-state index in [2.05, 4.69) is 10.6 Å². The topological polar surface area (TPSA) is 114 Å². The van der Waals surface area contributed by atoms with Crippen LogP contribution in [-0.4, -0.2) is 54.5 Å². The van der Waals surface area contributed by atoms with Crippen LogP contribution in [0.4, 0.5) is 4.79 Å². The van der Waals surface area contributed by atoms with Crippen LogP contribution in [0.25, 0.3) is 0 Å². The van der Waals surface area contributed by atoms with Gasteiger partial charge in [0.05, 0.1) is 13.2 Å². The summed E-state index contributed by atoms with van der Waals surface area (Å²) >= 11 is 0. The summed E-state index contributed by atoms with van der Waals surface area (Å²) in [6, 6.07) is -1.60. The predicted octanol–water partition coefficient (Wildman–Crippen LogP) is -0.519. The van der Waals surface area contributed by atoms with Gasteiger partial charge in [-0.15, -0.1) is 0 Å². The summed E-state index contributed by atoms with van der Waals surface area (Å²) in [6.45, 7) is 3.49. The normalized spacial score (nSPS) is 23.5. The first-order chi connectivity index (χ1) is 8.91. The molecule has 0 saturated carbocycles. The van der Waals surface area contributed by atoms with Crippen molar-refractivity contribution in [2.45, 2.75) is 31.8 Å². The molecule has 1 fully saturated rings. The van der Waals surface area contributed by atoms with Gasteiger partial charge in [-0.25, -0.2) is 14.4 Å². The van der Waals surface area contributed by atoms with Gasteiger partial charge in [0.1, 0.15) is 6.04 Å². The first-order valence-electron chi connectivity index (χ1n) is 5.98. The first-order valence-corrected chi connectivity index (χ1v) is 5.98. The number of nitrogens with one attached hydrogen (secondary N) is 2. The monoisotopic (exact) mass is 274 g/mol. The summed E-state index contributed by atoms with van der Waals surface area (Å²) in [5.41, 5.74) is -1.43. The van der Waals surface area contributed by atoms with Crippen LogP contribution in [0.1, 0.15) is 20.3 Å². The molecule has 0 radical (unpaired) electrons. The molecule has 0 aromatic carbocycles. The molecule has 108 valence electrons. The minimum Gasteiger partial charge on any atom is -0.479 e. The van der Waals surface area contributed by atoms with Crippen molar-refractivity contribution >= 4 is 18.0 Å². The molecule has 1 aliphatic rings. The van der Waals surface area contributed by atoms with Gasteiger partial charge in [0.2, 0.25) is 0 Å². The quantitative estimate of drug-likeness (QED) is 0.581. The highest BCUT2D eigenvalue weighted by atomic mass is 16.5. The maximum Gasteiger partial charge on any atom is 0.332 e. The van der Waals surface area contributed by atoms with Gasteiger partial charge in [-0.3, -0.25) is 0 Å². The van der Waals surface area contributed by atoms with Gasteiger partial charge in [0.15, 0.2) is 5.54 Å². The van der Waals surface area contributed by atoms with Crippen LogP contribution in [0.5, 0.6) is 0 Å². The van der Waals surface area contributed by atoms with Crippen LogP contribution in [0.3, 0.4) is 0 Å². The van der Waals surface area contributed by atoms with Crippen LogP contribution in [0, 0.1) is 0 Å². The fourth-order valence-electron chi connectivity index (χ4n) is 1.66. The number of urea groups is 1. The second-order valence-electron chi connectivity index (χ2n) is 4.26. The van der Waals surface area contributed by atoms with Gasteiger partial charge in [0.25, 0.3) is 0 Å². The molecule has 8 nitrogen and oxygen atoms in total. The van der Waals surface area contributed by atoms with Crippen molar-refractivity contribution in [1.29, 1.82) is 0 Å². The molecule has 0 bridgehead atoms. The number of carboxylic acids is 1. The molecule has 1 rings (SSSR count). The molecule has 1 saturated heterocycles. The fraction of sp³-hybridized carbons (Fsp3) is 0.727. The van der Waals surface area contributed by atoms with Gasteiger partial charge in [-0.2, -0.15) is 0 Å². The Kier molecular flexibility index (Phi) is 5.11. The highest BCUT2D eigenvalue weighted by molar-refractivity contribution is 5.89. The van der Waals surface area contributed by atoms with E-state index < -0.39 is 29.6 Å². The maximum atomic E-state index is 11.7. The number of hydrogen-bond donors (Lipinski definition) is 3. The summed E-state index contributed by atoms with van der Waals surface area (Å²) in [4.78, 5) is 34.2. The molecule has 1 aliphatic heterocycles. The van der Waals surface area contributed by atoms with Crippen LogP contribution >= 0.6 is 0 Å². The fourth-order valence-corrected chi connectivity index (χ4v) is 1.66. The zero-order valence-electron chi connectivity index (χ0n) is 10.9. The van der Waals surface area contributed by atoms with E-state index in [-0.39, 0.29) is 26.2 Å². The third kappa shape index (κ3) is 3.82. The molecule has 2 unspecified atom stereocenters. The van der Waals surface area contributed by atoms with Crippen LogP contribution in [-0.2, 0) is 19.1 Å². The molecule has 0 aromatic heterocycles. The zero-order valence-corrected chi connectivity index (χ0v) is 10.9. The van der Waals surface area contributed by atoms with E-state index in [1.54, 1.807) is 6.92 Å². The molecule has 0 spiro atoms. The molecular weight excluding hydrogens is 256 g/mol. The average Bonchev–Trinajstić information content (AvgIpc) is 2.78. The number of amides is 2. The van der Waals surface area contributed by atoms with Crippen molar-refractivity contribution in [3.63, 3.8) is 0 Å². The SMILES string of the molecule is CCOC(=O)C(C)NC(=O)NC1(C(=O)O)CCOC1. The number of carboxylic acid groups (broad SMARTS) is 1. The van der Waals surface area contributed by atoms with E-state index >= 15 is 0 Å². The molecule has 2 amide bonds. The predicted molar refractivity (Wildman–Crippen MR) is 63.6 cm³/mol. The standard InChI is InChI=1S/C11H18N2O6/c1-3-19-8(14)7(2)12-10(17)13-11(9(15)16)4-5-18-6-11/h7H,3-6H2,1-2H3,(H,15,16)(H2,12,13,17). The van der Waals surface area contributed by atoms with Crippen molar-refractivity contribution < 1.29 is 29.0 Å². The molecule has 2 atom stereocenters. The van der Waals surface area contributed by atoms with Gasteiger partial charge in [0, 0.05) is 13.0 Å². The molecule has 1 heterocycles. The van der Waals surface area contributed by atoms with Crippen LogP contribution < -0.4 is 10.6 Å². The Morgan fingerprint density at radius 3 is 2.63 bits per heavy atom. The number of ether oxygens (including phenoxy) is 2. The number of esters is 1. The summed E-state index contributed by atoms with van der Waals surface area (Å²) in [5, 5.41) is 13.8. The highest BCUT2D eigenvalue weighted by Crippen LogP contribution is 2.18. The minimum atomic E-state index is -1.43. The number of rotatable bonds is 5. The first kappa shape index (κ1) is 15.2. The van der Waals surface area contributed by atoms with Gasteiger partial charge < -0.3 is 25.2 Å². The number of aliphatic carboxylic acids is 1. The van der Waals surface area contributed by atoms with E-state index in [1.165, 1.54) is 6.92 Å². The second kappa shape index (κ2) is 6.37. The van der Waals surface area contributed by atoms with Gasteiger partial charge in [-0.05, 0) is 13.8 Å². The van der Waals surface area contributed by atoms with Crippen LogP contribution in [0.15, 0.2) is 0 Å². The number of carbonyl (C=O) groups excluding carboxylic acids is 2. The Labute approximate surface area is 110 Å². The molecule has 0 aromatic rings. The van der Waals surface area contributed by atoms with E-state index in [0.29, 0.717) is 0 Å². The molecular formula is C11H18N2O6. The van der Waals surface area contributed by atoms with Gasteiger partial charge >= 0.3 is 18.0 Å². The third-order valence-corrected chi connectivity index (χ3v) is 2.77. The lowest BCUT2D eigenvalue weighted by Gasteiger charge is -2.24. The van der Waals surface area contributed by atoms with Crippen molar-refractivity contribution in [3.05, 3.63) is 0 Å². The van der Waals surface area contributed by atoms with Crippen molar-refractivity contribution in [2.75, 3.05) is 19.8 Å². The average molecular weight is 274 g/mol. The lowest BCUT2D eigenvalue weighted by Crippen LogP contribution is -2.59. The molecule has 0 aliphatic carbocycles. The van der Waals surface area contributed by atoms with E-state index in [0.717, 1.165) is 0 Å². The Hall–Kier alpha value is -1.83. The summed E-state index contributed by atoms with van der Waals surface area (Å²) < 4.78 is 9.72. The second-order valence-corrected chi connectivity index (χ2v) is 4.26.